The fourth-order valence-electron chi connectivity index (χ4n) is 3.19. The molecule has 130 valence electrons. The van der Waals surface area contributed by atoms with Crippen molar-refractivity contribution in [2.24, 2.45) is 0 Å². The maximum Gasteiger partial charge on any atom is 0.417 e. The molecule has 0 unspecified atom stereocenters. The Morgan fingerprint density at radius 3 is 2.36 bits per heavy atom. The molecule has 1 aromatic heterocycles. The van der Waals surface area contributed by atoms with Crippen molar-refractivity contribution in [1.82, 2.24) is 9.97 Å². The van der Waals surface area contributed by atoms with E-state index < -0.39 is 11.7 Å². The van der Waals surface area contributed by atoms with Crippen molar-refractivity contribution in [2.45, 2.75) is 19.0 Å². The number of aromatic amines is 1. The Labute approximate surface area is 147 Å². The first-order chi connectivity index (χ1) is 11.9. The van der Waals surface area contributed by atoms with Gasteiger partial charge in [-0.15, -0.1) is 0 Å². The van der Waals surface area contributed by atoms with Crippen LogP contribution in [-0.2, 0) is 6.18 Å². The smallest absolute Gasteiger partial charge is 0.372 e. The van der Waals surface area contributed by atoms with Crippen LogP contribution in [0, 0.1) is 0 Å². The van der Waals surface area contributed by atoms with Gasteiger partial charge in [0.1, 0.15) is 5.82 Å². The van der Waals surface area contributed by atoms with E-state index in [1.54, 1.807) is 0 Å². The van der Waals surface area contributed by atoms with Gasteiger partial charge in [-0.05, 0) is 49.2 Å². The Hall–Kier alpha value is -2.21. The van der Waals surface area contributed by atoms with Crippen molar-refractivity contribution in [2.75, 3.05) is 18.0 Å². The molecule has 0 bridgehead atoms. The van der Waals surface area contributed by atoms with Gasteiger partial charge in [0.2, 0.25) is 0 Å². The monoisotopic (exact) mass is 365 g/mol. The van der Waals surface area contributed by atoms with Gasteiger partial charge in [-0.2, -0.15) is 13.2 Å². The number of H-pyrrole nitrogens is 1. The predicted molar refractivity (Wildman–Crippen MR) is 93.0 cm³/mol. The van der Waals surface area contributed by atoms with Gasteiger partial charge in [-0.1, -0.05) is 11.6 Å². The fraction of sp³-hybridized carbons (Fsp3) is 0.278. The van der Waals surface area contributed by atoms with Crippen LogP contribution >= 0.6 is 11.6 Å². The fourth-order valence-corrected chi connectivity index (χ4v) is 3.46. The second-order valence-corrected chi connectivity index (χ2v) is 6.58. The van der Waals surface area contributed by atoms with Crippen molar-refractivity contribution in [1.29, 1.82) is 0 Å². The van der Waals surface area contributed by atoms with E-state index in [0.717, 1.165) is 30.4 Å². The minimum Gasteiger partial charge on any atom is -0.372 e. The molecule has 3 nitrogen and oxygen atoms in total. The number of halogens is 4. The number of hydrogen-bond acceptors (Lipinski definition) is 2. The molecule has 25 heavy (non-hydrogen) atoms. The third-order valence-electron chi connectivity index (χ3n) is 4.49. The van der Waals surface area contributed by atoms with Crippen LogP contribution in [0.15, 0.2) is 36.4 Å². The van der Waals surface area contributed by atoms with E-state index in [4.69, 9.17) is 11.6 Å². The summed E-state index contributed by atoms with van der Waals surface area (Å²) in [6.45, 7) is 2.12. The maximum absolute atomic E-state index is 13.0. The third-order valence-corrected chi connectivity index (χ3v) is 4.80. The first-order valence-electron chi connectivity index (χ1n) is 8.04. The van der Waals surface area contributed by atoms with Gasteiger partial charge in [0.05, 0.1) is 21.6 Å². The van der Waals surface area contributed by atoms with Gasteiger partial charge in [0, 0.05) is 24.3 Å². The lowest BCUT2D eigenvalue weighted by Crippen LogP contribution is -2.17. The number of nitrogens with zero attached hydrogens (tertiary/aromatic N) is 2. The lowest BCUT2D eigenvalue weighted by molar-refractivity contribution is -0.137. The molecule has 0 aliphatic carbocycles. The van der Waals surface area contributed by atoms with Crippen LogP contribution in [-0.4, -0.2) is 23.1 Å². The van der Waals surface area contributed by atoms with E-state index >= 15 is 0 Å². The molecule has 0 radical (unpaired) electrons. The highest BCUT2D eigenvalue weighted by atomic mass is 35.5. The van der Waals surface area contributed by atoms with Gasteiger partial charge in [0.15, 0.2) is 0 Å². The molecule has 3 aromatic rings. The van der Waals surface area contributed by atoms with Crippen LogP contribution in [0.4, 0.5) is 18.9 Å². The minimum absolute atomic E-state index is 0.315. The molecule has 1 saturated heterocycles. The lowest BCUT2D eigenvalue weighted by atomic mass is 10.2. The van der Waals surface area contributed by atoms with E-state index in [1.807, 2.05) is 24.3 Å². The van der Waals surface area contributed by atoms with E-state index in [9.17, 15) is 13.2 Å². The van der Waals surface area contributed by atoms with Crippen LogP contribution in [0.1, 0.15) is 18.4 Å². The van der Waals surface area contributed by atoms with Gasteiger partial charge in [-0.25, -0.2) is 4.98 Å². The van der Waals surface area contributed by atoms with Crippen molar-refractivity contribution in [3.63, 3.8) is 0 Å². The van der Waals surface area contributed by atoms with Gasteiger partial charge in [0.25, 0.3) is 0 Å². The van der Waals surface area contributed by atoms with E-state index in [-0.39, 0.29) is 5.02 Å². The van der Waals surface area contributed by atoms with E-state index in [0.29, 0.717) is 16.9 Å². The molecule has 1 aliphatic rings. The molecular formula is C18H15ClF3N3. The quantitative estimate of drug-likeness (QED) is 0.650. The highest BCUT2D eigenvalue weighted by Crippen LogP contribution is 2.37. The maximum atomic E-state index is 13.0. The first kappa shape index (κ1) is 16.3. The van der Waals surface area contributed by atoms with Gasteiger partial charge in [-0.3, -0.25) is 0 Å². The number of nitrogens with one attached hydrogen (secondary N) is 1. The van der Waals surface area contributed by atoms with Gasteiger partial charge < -0.3 is 9.88 Å². The molecule has 0 amide bonds. The Morgan fingerprint density at radius 1 is 1.04 bits per heavy atom. The zero-order valence-corrected chi connectivity index (χ0v) is 14.0. The zero-order chi connectivity index (χ0) is 17.6. The Kier molecular flexibility index (Phi) is 3.87. The molecule has 1 aliphatic heterocycles. The normalized spacial score (nSPS) is 15.3. The molecule has 4 rings (SSSR count). The average Bonchev–Trinajstić information content (AvgIpc) is 3.22. The Bertz CT molecular complexity index is 910. The van der Waals surface area contributed by atoms with Crippen LogP contribution < -0.4 is 4.90 Å². The number of hydrogen-bond donors (Lipinski definition) is 1. The van der Waals surface area contributed by atoms with Crippen LogP contribution in [0.3, 0.4) is 0 Å². The summed E-state index contributed by atoms with van der Waals surface area (Å²) in [6, 6.07) is 10.1. The molecule has 2 heterocycles. The number of anilines is 1. The second-order valence-electron chi connectivity index (χ2n) is 6.17. The summed E-state index contributed by atoms with van der Waals surface area (Å²) in [5.41, 5.74) is 1.84. The summed E-state index contributed by atoms with van der Waals surface area (Å²) >= 11 is 5.76. The number of fused-ring (bicyclic) bond motifs is 1. The molecule has 1 fully saturated rings. The average molecular weight is 366 g/mol. The summed E-state index contributed by atoms with van der Waals surface area (Å²) in [7, 11) is 0. The van der Waals surface area contributed by atoms with Crippen molar-refractivity contribution in [3.05, 3.63) is 47.0 Å². The predicted octanol–water partition coefficient (Wildman–Crippen LogP) is 5.50. The highest BCUT2D eigenvalue weighted by molar-refractivity contribution is 6.32. The lowest BCUT2D eigenvalue weighted by Gasteiger charge is -2.17. The van der Waals surface area contributed by atoms with Crippen LogP contribution in [0.25, 0.3) is 22.4 Å². The Morgan fingerprint density at radius 2 is 1.72 bits per heavy atom. The molecule has 1 N–H and O–H groups in total. The summed E-state index contributed by atoms with van der Waals surface area (Å²) in [4.78, 5) is 9.65. The molecule has 0 atom stereocenters. The summed E-state index contributed by atoms with van der Waals surface area (Å²) in [6.07, 6.45) is -2.09. The van der Waals surface area contributed by atoms with Crippen molar-refractivity contribution < 1.29 is 13.2 Å². The van der Waals surface area contributed by atoms with Crippen LogP contribution in [0.5, 0.6) is 0 Å². The zero-order valence-electron chi connectivity index (χ0n) is 13.2. The Balaban J connectivity index is 1.69. The molecule has 0 spiro atoms. The number of imidazole rings is 1. The van der Waals surface area contributed by atoms with Crippen molar-refractivity contribution >= 4 is 28.3 Å². The SMILES string of the molecule is FC(F)(F)c1cc2[nH]c(-c3ccc(N4CCCC4)cc3)nc2cc1Cl. The third kappa shape index (κ3) is 3.06. The molecule has 2 aromatic carbocycles. The highest BCUT2D eigenvalue weighted by Gasteiger charge is 2.33. The first-order valence-corrected chi connectivity index (χ1v) is 8.41. The molecular weight excluding hydrogens is 351 g/mol. The minimum atomic E-state index is -4.49. The number of aromatic nitrogens is 2. The second kappa shape index (κ2) is 5.95. The number of alkyl halides is 3. The van der Waals surface area contributed by atoms with Gasteiger partial charge >= 0.3 is 6.18 Å². The molecule has 7 heteroatoms. The topological polar surface area (TPSA) is 31.9 Å². The largest absolute Gasteiger partial charge is 0.417 e. The van der Waals surface area contributed by atoms with Crippen LogP contribution in [0.2, 0.25) is 5.02 Å². The van der Waals surface area contributed by atoms with Crippen molar-refractivity contribution in [3.8, 4) is 11.4 Å². The summed E-state index contributed by atoms with van der Waals surface area (Å²) in [5.74, 6) is 0.526. The number of rotatable bonds is 2. The summed E-state index contributed by atoms with van der Waals surface area (Å²) in [5, 5.41) is -0.345. The number of benzene rings is 2. The molecule has 0 saturated carbocycles. The standard InChI is InChI=1S/C18H15ClF3N3/c19-14-10-16-15(9-13(14)18(20,21)22)23-17(24-16)11-3-5-12(6-4-11)25-7-1-2-8-25/h3-6,9-10H,1-2,7-8H2,(H,23,24). The van der Waals surface area contributed by atoms with E-state index in [1.165, 1.54) is 18.9 Å². The van der Waals surface area contributed by atoms with E-state index in [2.05, 4.69) is 14.9 Å². The summed E-state index contributed by atoms with van der Waals surface area (Å²) < 4.78 is 38.9.